The largest absolute Gasteiger partial charge is 0.493 e. The van der Waals surface area contributed by atoms with Crippen molar-refractivity contribution in [1.82, 2.24) is 24.7 Å². The van der Waals surface area contributed by atoms with Gasteiger partial charge < -0.3 is 19.3 Å². The zero-order chi connectivity index (χ0) is 24.2. The van der Waals surface area contributed by atoms with Crippen molar-refractivity contribution in [2.75, 3.05) is 51.1 Å². The van der Waals surface area contributed by atoms with E-state index in [1.54, 1.807) is 18.7 Å². The molecule has 4 aromatic rings. The quantitative estimate of drug-likeness (QED) is 0.365. The van der Waals surface area contributed by atoms with E-state index in [-0.39, 0.29) is 11.7 Å². The number of rotatable bonds is 7. The van der Waals surface area contributed by atoms with E-state index in [0.29, 0.717) is 35.4 Å². The number of para-hydroxylation sites is 1. The number of hydrogen-bond acceptors (Lipinski definition) is 8. The SMILES string of the molecule is COc1ccc(-c2ccc3nnc(SCC(=O)N4CCN(c5ccccc5)CC4)n3n2)cc1OC. The van der Waals surface area contributed by atoms with Crippen molar-refractivity contribution in [3.8, 4) is 22.8 Å². The van der Waals surface area contributed by atoms with Gasteiger partial charge in [-0.15, -0.1) is 10.2 Å². The lowest BCUT2D eigenvalue weighted by Crippen LogP contribution is -2.49. The summed E-state index contributed by atoms with van der Waals surface area (Å²) in [7, 11) is 3.21. The molecule has 3 heterocycles. The van der Waals surface area contributed by atoms with Crippen molar-refractivity contribution >= 4 is 29.0 Å². The third kappa shape index (κ3) is 4.88. The fourth-order valence-corrected chi connectivity index (χ4v) is 4.87. The Morgan fingerprint density at radius 3 is 2.43 bits per heavy atom. The number of piperazine rings is 1. The molecule has 35 heavy (non-hydrogen) atoms. The van der Waals surface area contributed by atoms with E-state index in [2.05, 4.69) is 27.2 Å². The molecule has 0 radical (unpaired) electrons. The van der Waals surface area contributed by atoms with Crippen molar-refractivity contribution < 1.29 is 14.3 Å². The second kappa shape index (κ2) is 10.2. The Labute approximate surface area is 207 Å². The highest BCUT2D eigenvalue weighted by Gasteiger charge is 2.22. The predicted octanol–water partition coefficient (Wildman–Crippen LogP) is 3.25. The number of thioether (sulfide) groups is 1. The molecule has 0 atom stereocenters. The Balaban J connectivity index is 1.25. The molecule has 0 bridgehead atoms. The number of nitrogens with zero attached hydrogens (tertiary/aromatic N) is 6. The van der Waals surface area contributed by atoms with E-state index in [1.807, 2.05) is 53.4 Å². The van der Waals surface area contributed by atoms with Crippen LogP contribution in [-0.2, 0) is 4.79 Å². The first-order valence-corrected chi connectivity index (χ1v) is 12.3. The van der Waals surface area contributed by atoms with Crippen LogP contribution in [0, 0.1) is 0 Å². The molecule has 1 aliphatic rings. The lowest BCUT2D eigenvalue weighted by Gasteiger charge is -2.36. The van der Waals surface area contributed by atoms with Crippen LogP contribution in [0.25, 0.3) is 16.9 Å². The van der Waals surface area contributed by atoms with Crippen LogP contribution in [0.3, 0.4) is 0 Å². The maximum Gasteiger partial charge on any atom is 0.233 e. The van der Waals surface area contributed by atoms with Gasteiger partial charge in [-0.2, -0.15) is 9.61 Å². The van der Waals surface area contributed by atoms with Gasteiger partial charge in [-0.05, 0) is 42.5 Å². The van der Waals surface area contributed by atoms with Gasteiger partial charge >= 0.3 is 0 Å². The Morgan fingerprint density at radius 1 is 0.914 bits per heavy atom. The number of carbonyl (C=O) groups excluding carboxylic acids is 1. The van der Waals surface area contributed by atoms with Gasteiger partial charge in [-0.25, -0.2) is 0 Å². The zero-order valence-corrected chi connectivity index (χ0v) is 20.4. The summed E-state index contributed by atoms with van der Waals surface area (Å²) in [5.41, 5.74) is 3.44. The molecule has 0 unspecified atom stereocenters. The van der Waals surface area contributed by atoms with Crippen LogP contribution in [0.2, 0.25) is 0 Å². The summed E-state index contributed by atoms with van der Waals surface area (Å²) in [5, 5.41) is 13.7. The number of aromatic nitrogens is 4. The van der Waals surface area contributed by atoms with Gasteiger partial charge in [0.2, 0.25) is 11.1 Å². The molecular weight excluding hydrogens is 464 g/mol. The summed E-state index contributed by atoms with van der Waals surface area (Å²) in [4.78, 5) is 17.1. The second-order valence-corrected chi connectivity index (χ2v) is 8.98. The minimum absolute atomic E-state index is 0.0931. The van der Waals surface area contributed by atoms with Crippen molar-refractivity contribution in [3.05, 3.63) is 60.7 Å². The van der Waals surface area contributed by atoms with Crippen LogP contribution in [-0.4, -0.2) is 76.8 Å². The van der Waals surface area contributed by atoms with Gasteiger partial charge in [0.15, 0.2) is 17.1 Å². The lowest BCUT2D eigenvalue weighted by molar-refractivity contribution is -0.128. The van der Waals surface area contributed by atoms with Gasteiger partial charge in [0.1, 0.15) is 0 Å². The van der Waals surface area contributed by atoms with Crippen molar-refractivity contribution in [2.24, 2.45) is 0 Å². The molecule has 0 saturated carbocycles. The Morgan fingerprint density at radius 2 is 1.69 bits per heavy atom. The molecule has 0 spiro atoms. The van der Waals surface area contributed by atoms with Crippen LogP contribution in [0.5, 0.6) is 11.5 Å². The van der Waals surface area contributed by atoms with E-state index in [1.165, 1.54) is 17.4 Å². The molecule has 0 aliphatic carbocycles. The minimum atomic E-state index is 0.0931. The van der Waals surface area contributed by atoms with E-state index < -0.39 is 0 Å². The number of benzene rings is 2. The van der Waals surface area contributed by atoms with E-state index in [9.17, 15) is 4.79 Å². The summed E-state index contributed by atoms with van der Waals surface area (Å²) in [6, 6.07) is 19.7. The first-order chi connectivity index (χ1) is 17.2. The van der Waals surface area contributed by atoms with E-state index in [0.717, 1.165) is 24.3 Å². The van der Waals surface area contributed by atoms with Gasteiger partial charge in [-0.1, -0.05) is 30.0 Å². The van der Waals surface area contributed by atoms with Gasteiger partial charge in [0.05, 0.1) is 25.7 Å². The van der Waals surface area contributed by atoms with Gasteiger partial charge in [-0.3, -0.25) is 4.79 Å². The van der Waals surface area contributed by atoms with Crippen LogP contribution in [0.4, 0.5) is 5.69 Å². The summed E-state index contributed by atoms with van der Waals surface area (Å²) in [6.07, 6.45) is 0. The summed E-state index contributed by atoms with van der Waals surface area (Å²) in [5.74, 6) is 1.66. The molecule has 5 rings (SSSR count). The molecule has 2 aromatic carbocycles. The number of ether oxygens (including phenoxy) is 2. The smallest absolute Gasteiger partial charge is 0.233 e. The van der Waals surface area contributed by atoms with Crippen molar-refractivity contribution in [1.29, 1.82) is 0 Å². The van der Waals surface area contributed by atoms with Crippen molar-refractivity contribution in [3.63, 3.8) is 0 Å². The number of carbonyl (C=O) groups is 1. The molecular formula is C25H26N6O3S. The predicted molar refractivity (Wildman–Crippen MR) is 135 cm³/mol. The first-order valence-electron chi connectivity index (χ1n) is 11.3. The maximum atomic E-state index is 12.9. The fraction of sp³-hybridized carbons (Fsp3) is 0.280. The monoisotopic (exact) mass is 490 g/mol. The zero-order valence-electron chi connectivity index (χ0n) is 19.6. The third-order valence-electron chi connectivity index (χ3n) is 5.99. The number of fused-ring (bicyclic) bond motifs is 1. The standard InChI is InChI=1S/C25H26N6O3S/c1-33-21-10-8-18(16-22(21)34-2)20-9-11-23-26-27-25(31(23)28-20)35-17-24(32)30-14-12-29(13-15-30)19-6-4-3-5-7-19/h3-11,16H,12-15,17H2,1-2H3. The van der Waals surface area contributed by atoms with E-state index >= 15 is 0 Å². The van der Waals surface area contributed by atoms with Crippen LogP contribution in [0.15, 0.2) is 65.8 Å². The number of methoxy groups -OCH3 is 2. The van der Waals surface area contributed by atoms with Gasteiger partial charge in [0.25, 0.3) is 0 Å². The van der Waals surface area contributed by atoms with E-state index in [4.69, 9.17) is 14.6 Å². The van der Waals surface area contributed by atoms with Crippen LogP contribution < -0.4 is 14.4 Å². The molecule has 1 aliphatic heterocycles. The second-order valence-electron chi connectivity index (χ2n) is 8.03. The normalized spacial score (nSPS) is 13.8. The fourth-order valence-electron chi connectivity index (χ4n) is 4.08. The lowest BCUT2D eigenvalue weighted by atomic mass is 10.1. The van der Waals surface area contributed by atoms with Crippen LogP contribution in [0.1, 0.15) is 0 Å². The molecule has 2 aromatic heterocycles. The Kier molecular flexibility index (Phi) is 6.71. The summed E-state index contributed by atoms with van der Waals surface area (Å²) in [6.45, 7) is 3.06. The van der Waals surface area contributed by atoms with Crippen molar-refractivity contribution in [2.45, 2.75) is 5.16 Å². The highest BCUT2D eigenvalue weighted by Crippen LogP contribution is 2.32. The van der Waals surface area contributed by atoms with Crippen LogP contribution >= 0.6 is 11.8 Å². The number of hydrogen-bond donors (Lipinski definition) is 0. The number of amides is 1. The topological polar surface area (TPSA) is 85.1 Å². The average molecular weight is 491 g/mol. The first kappa shape index (κ1) is 23.0. The number of anilines is 1. The highest BCUT2D eigenvalue weighted by atomic mass is 32.2. The minimum Gasteiger partial charge on any atom is -0.493 e. The third-order valence-corrected chi connectivity index (χ3v) is 6.90. The highest BCUT2D eigenvalue weighted by molar-refractivity contribution is 7.99. The maximum absolute atomic E-state index is 12.9. The Hall–Kier alpha value is -3.79. The molecule has 180 valence electrons. The average Bonchev–Trinajstić information content (AvgIpc) is 3.34. The molecule has 10 heteroatoms. The molecule has 1 saturated heterocycles. The molecule has 1 amide bonds. The molecule has 0 N–H and O–H groups in total. The Bertz CT molecular complexity index is 1320. The summed E-state index contributed by atoms with van der Waals surface area (Å²) < 4.78 is 12.4. The molecule has 1 fully saturated rings. The van der Waals surface area contributed by atoms with Gasteiger partial charge in [0, 0.05) is 37.4 Å². The summed E-state index contributed by atoms with van der Waals surface area (Å²) >= 11 is 1.35. The molecule has 9 nitrogen and oxygen atoms in total.